The van der Waals surface area contributed by atoms with Crippen LogP contribution in [-0.2, 0) is 0 Å². The number of nitrogens with zero attached hydrogens (tertiary/aromatic N) is 1. The third-order valence-electron chi connectivity index (χ3n) is 5.49. The average Bonchev–Trinajstić information content (AvgIpc) is 3.24. The molecule has 0 fully saturated rings. The van der Waals surface area contributed by atoms with Gasteiger partial charge in [0.15, 0.2) is 5.58 Å². The zero-order valence-corrected chi connectivity index (χ0v) is 18.1. The van der Waals surface area contributed by atoms with Gasteiger partial charge in [0.05, 0.1) is 12.2 Å². The summed E-state index contributed by atoms with van der Waals surface area (Å²) in [6.45, 7) is 4.80. The van der Waals surface area contributed by atoms with Crippen LogP contribution >= 0.6 is 0 Å². The molecule has 0 aliphatic carbocycles. The highest BCUT2D eigenvalue weighted by Gasteiger charge is 2.14. The Morgan fingerprint density at radius 3 is 2.56 bits per heavy atom. The molecule has 0 aliphatic heterocycles. The molecule has 0 aliphatic rings. The van der Waals surface area contributed by atoms with E-state index in [4.69, 9.17) is 13.6 Å². The molecule has 5 nitrogen and oxygen atoms in total. The standard InChI is InChI=1S/C27H23NO4/c1-3-4-12-30-21-13-17(2)25-24(16-21)31-26(28-25)20-11-10-19-14-22(18-8-6-5-7-9-18)27(29)32-23(19)15-20/h5-11,13-16H,3-4,12H2,1-2H3. The van der Waals surface area contributed by atoms with Gasteiger partial charge in [-0.15, -0.1) is 0 Å². The number of unbranched alkanes of at least 4 members (excludes halogenated alkanes) is 1. The molecular weight excluding hydrogens is 402 g/mol. The first-order valence-electron chi connectivity index (χ1n) is 10.8. The summed E-state index contributed by atoms with van der Waals surface area (Å²) in [5.41, 5.74) is 4.70. The molecule has 5 aromatic rings. The van der Waals surface area contributed by atoms with Crippen LogP contribution in [0.1, 0.15) is 25.3 Å². The fourth-order valence-corrected chi connectivity index (χ4v) is 3.77. The molecule has 2 heterocycles. The minimum Gasteiger partial charge on any atom is -0.493 e. The van der Waals surface area contributed by atoms with Gasteiger partial charge in [-0.1, -0.05) is 49.7 Å². The Hall–Kier alpha value is -3.86. The smallest absolute Gasteiger partial charge is 0.344 e. The third kappa shape index (κ3) is 3.78. The Balaban J connectivity index is 1.53. The lowest BCUT2D eigenvalue weighted by Crippen LogP contribution is -2.02. The van der Waals surface area contributed by atoms with Crippen molar-refractivity contribution in [1.82, 2.24) is 4.98 Å². The highest BCUT2D eigenvalue weighted by atomic mass is 16.5. The van der Waals surface area contributed by atoms with Gasteiger partial charge in [-0.25, -0.2) is 9.78 Å². The van der Waals surface area contributed by atoms with Crippen LogP contribution in [-0.4, -0.2) is 11.6 Å². The van der Waals surface area contributed by atoms with Crippen LogP contribution in [0.5, 0.6) is 5.75 Å². The van der Waals surface area contributed by atoms with Crippen molar-refractivity contribution in [1.29, 1.82) is 0 Å². The molecule has 0 bridgehead atoms. The van der Waals surface area contributed by atoms with Gasteiger partial charge in [-0.3, -0.25) is 0 Å². The molecule has 5 heteroatoms. The summed E-state index contributed by atoms with van der Waals surface area (Å²) in [5.74, 6) is 1.26. The minimum atomic E-state index is -0.372. The van der Waals surface area contributed by atoms with Crippen molar-refractivity contribution >= 4 is 22.1 Å². The van der Waals surface area contributed by atoms with Gasteiger partial charge in [-0.2, -0.15) is 0 Å². The van der Waals surface area contributed by atoms with E-state index in [1.807, 2.05) is 67.6 Å². The fourth-order valence-electron chi connectivity index (χ4n) is 3.77. The maximum atomic E-state index is 12.6. The minimum absolute atomic E-state index is 0.372. The molecule has 0 radical (unpaired) electrons. The van der Waals surface area contributed by atoms with Gasteiger partial charge >= 0.3 is 5.63 Å². The Labute approximate surface area is 185 Å². The molecule has 0 saturated heterocycles. The maximum absolute atomic E-state index is 12.6. The van der Waals surface area contributed by atoms with Crippen molar-refractivity contribution in [3.63, 3.8) is 0 Å². The Morgan fingerprint density at radius 2 is 1.75 bits per heavy atom. The Kier molecular flexibility index (Phi) is 5.23. The summed E-state index contributed by atoms with van der Waals surface area (Å²) < 4.78 is 17.5. The van der Waals surface area contributed by atoms with Gasteiger partial charge in [0.2, 0.25) is 5.89 Å². The van der Waals surface area contributed by atoms with E-state index >= 15 is 0 Å². The summed E-state index contributed by atoms with van der Waals surface area (Å²) in [5, 5.41) is 0.839. The van der Waals surface area contributed by atoms with Crippen molar-refractivity contribution < 1.29 is 13.6 Å². The largest absolute Gasteiger partial charge is 0.493 e. The lowest BCUT2D eigenvalue weighted by molar-refractivity contribution is 0.309. The van der Waals surface area contributed by atoms with E-state index < -0.39 is 0 Å². The second-order valence-electron chi connectivity index (χ2n) is 7.87. The predicted molar refractivity (Wildman–Crippen MR) is 126 cm³/mol. The van der Waals surface area contributed by atoms with Crippen LogP contribution in [0.2, 0.25) is 0 Å². The van der Waals surface area contributed by atoms with Crippen LogP contribution in [0.3, 0.4) is 0 Å². The normalized spacial score (nSPS) is 11.3. The van der Waals surface area contributed by atoms with Crippen LogP contribution in [0.25, 0.3) is 44.7 Å². The van der Waals surface area contributed by atoms with Crippen LogP contribution < -0.4 is 10.4 Å². The number of aryl methyl sites for hydroxylation is 1. The van der Waals surface area contributed by atoms with Crippen LogP contribution in [0, 0.1) is 6.92 Å². The molecule has 3 aromatic carbocycles. The highest BCUT2D eigenvalue weighted by molar-refractivity contribution is 5.86. The summed E-state index contributed by atoms with van der Waals surface area (Å²) in [4.78, 5) is 17.3. The quantitative estimate of drug-likeness (QED) is 0.222. The fraction of sp³-hybridized carbons (Fsp3) is 0.185. The number of hydrogen-bond donors (Lipinski definition) is 0. The topological polar surface area (TPSA) is 65.5 Å². The number of benzene rings is 3. The van der Waals surface area contributed by atoms with E-state index in [0.29, 0.717) is 29.2 Å². The number of aromatic nitrogens is 1. The Morgan fingerprint density at radius 1 is 0.906 bits per heavy atom. The zero-order valence-electron chi connectivity index (χ0n) is 18.1. The van der Waals surface area contributed by atoms with Crippen molar-refractivity contribution in [3.8, 4) is 28.3 Å². The molecular formula is C27H23NO4. The summed E-state index contributed by atoms with van der Waals surface area (Å²) in [6, 6.07) is 20.9. The number of rotatable bonds is 6. The average molecular weight is 425 g/mol. The molecule has 160 valence electrons. The lowest BCUT2D eigenvalue weighted by atomic mass is 10.1. The number of ether oxygens (including phenoxy) is 1. The molecule has 0 N–H and O–H groups in total. The number of hydrogen-bond acceptors (Lipinski definition) is 5. The van der Waals surface area contributed by atoms with Gasteiger partial charge in [-0.05, 0) is 48.7 Å². The first kappa shape index (κ1) is 20.1. The molecule has 0 saturated carbocycles. The van der Waals surface area contributed by atoms with Crippen molar-refractivity contribution in [2.75, 3.05) is 6.61 Å². The van der Waals surface area contributed by atoms with Crippen LogP contribution in [0.15, 0.2) is 80.4 Å². The maximum Gasteiger partial charge on any atom is 0.344 e. The molecule has 2 aromatic heterocycles. The molecule has 0 amide bonds. The van der Waals surface area contributed by atoms with Gasteiger partial charge in [0, 0.05) is 17.0 Å². The van der Waals surface area contributed by atoms with Crippen molar-refractivity contribution in [2.24, 2.45) is 0 Å². The number of oxazole rings is 1. The van der Waals surface area contributed by atoms with Crippen molar-refractivity contribution in [3.05, 3.63) is 82.7 Å². The van der Waals surface area contributed by atoms with Gasteiger partial charge in [0.25, 0.3) is 0 Å². The third-order valence-corrected chi connectivity index (χ3v) is 5.49. The van der Waals surface area contributed by atoms with E-state index in [-0.39, 0.29) is 5.63 Å². The van der Waals surface area contributed by atoms with Gasteiger partial charge in [0.1, 0.15) is 16.8 Å². The van der Waals surface area contributed by atoms with E-state index in [1.54, 1.807) is 6.07 Å². The molecule has 0 atom stereocenters. The monoisotopic (exact) mass is 425 g/mol. The number of fused-ring (bicyclic) bond motifs is 2. The van der Waals surface area contributed by atoms with Crippen molar-refractivity contribution in [2.45, 2.75) is 26.7 Å². The van der Waals surface area contributed by atoms with Gasteiger partial charge < -0.3 is 13.6 Å². The highest BCUT2D eigenvalue weighted by Crippen LogP contribution is 2.31. The van der Waals surface area contributed by atoms with E-state index in [0.717, 1.165) is 46.2 Å². The Bertz CT molecular complexity index is 1460. The zero-order chi connectivity index (χ0) is 22.1. The first-order valence-corrected chi connectivity index (χ1v) is 10.8. The first-order chi connectivity index (χ1) is 15.6. The molecule has 0 spiro atoms. The van der Waals surface area contributed by atoms with E-state index in [1.165, 1.54) is 0 Å². The summed E-state index contributed by atoms with van der Waals surface area (Å²) in [7, 11) is 0. The summed E-state index contributed by atoms with van der Waals surface area (Å²) in [6.07, 6.45) is 2.09. The second kappa shape index (κ2) is 8.35. The van der Waals surface area contributed by atoms with E-state index in [2.05, 4.69) is 11.9 Å². The predicted octanol–water partition coefficient (Wildman–Crippen LogP) is 6.76. The van der Waals surface area contributed by atoms with Crippen LogP contribution in [0.4, 0.5) is 0 Å². The molecule has 0 unspecified atom stereocenters. The summed E-state index contributed by atoms with van der Waals surface area (Å²) >= 11 is 0. The van der Waals surface area contributed by atoms with E-state index in [9.17, 15) is 4.79 Å². The second-order valence-corrected chi connectivity index (χ2v) is 7.87. The molecule has 32 heavy (non-hydrogen) atoms. The lowest BCUT2D eigenvalue weighted by Gasteiger charge is -2.05. The SMILES string of the molecule is CCCCOc1cc(C)c2nc(-c3ccc4cc(-c5ccccc5)c(=O)oc4c3)oc2c1. The molecule has 5 rings (SSSR count).